The highest BCUT2D eigenvalue weighted by atomic mass is 16.6. The maximum absolute atomic E-state index is 11.8. The Hall–Kier alpha value is -2.18. The van der Waals surface area contributed by atoms with Gasteiger partial charge in [-0.15, -0.1) is 0 Å². The Labute approximate surface area is 118 Å². The van der Waals surface area contributed by atoms with E-state index in [1.165, 1.54) is 12.3 Å². The molecule has 1 rings (SSSR count). The lowest BCUT2D eigenvalue weighted by molar-refractivity contribution is -0.385. The highest BCUT2D eigenvalue weighted by Gasteiger charge is 2.13. The van der Waals surface area contributed by atoms with Crippen LogP contribution in [0.25, 0.3) is 0 Å². The second kappa shape index (κ2) is 7.42. The number of nitrogens with zero attached hydrogens (tertiary/aromatic N) is 3. The van der Waals surface area contributed by atoms with E-state index < -0.39 is 4.92 Å². The molecule has 0 saturated heterocycles. The van der Waals surface area contributed by atoms with Gasteiger partial charge in [-0.1, -0.05) is 0 Å². The summed E-state index contributed by atoms with van der Waals surface area (Å²) in [5, 5.41) is 13.8. The number of pyridine rings is 1. The first-order valence-electron chi connectivity index (χ1n) is 6.62. The molecule has 0 unspecified atom stereocenters. The van der Waals surface area contributed by atoms with E-state index in [0.29, 0.717) is 37.4 Å². The number of hydrogen-bond acceptors (Lipinski definition) is 5. The van der Waals surface area contributed by atoms with Crippen molar-refractivity contribution in [2.24, 2.45) is 0 Å². The van der Waals surface area contributed by atoms with Crippen molar-refractivity contribution in [3.05, 3.63) is 27.9 Å². The predicted octanol–water partition coefficient (Wildman–Crippen LogP) is 1.97. The van der Waals surface area contributed by atoms with Gasteiger partial charge >= 0.3 is 0 Å². The number of aromatic nitrogens is 1. The van der Waals surface area contributed by atoms with Crippen LogP contribution in [0.4, 0.5) is 11.5 Å². The lowest BCUT2D eigenvalue weighted by Crippen LogP contribution is -2.31. The molecule has 0 aromatic carbocycles. The fraction of sp³-hybridized carbons (Fsp3) is 0.538. The van der Waals surface area contributed by atoms with E-state index in [-0.39, 0.29) is 11.6 Å². The SMILES string of the molecule is CCN(CC)C(=O)CCNc1cc([N+](=O)[O-])c(C)cn1. The summed E-state index contributed by atoms with van der Waals surface area (Å²) in [5.41, 5.74) is 0.539. The van der Waals surface area contributed by atoms with Crippen molar-refractivity contribution in [1.29, 1.82) is 0 Å². The highest BCUT2D eigenvalue weighted by molar-refractivity contribution is 5.76. The van der Waals surface area contributed by atoms with Gasteiger partial charge in [0.25, 0.3) is 5.69 Å². The zero-order chi connectivity index (χ0) is 15.1. The predicted molar refractivity (Wildman–Crippen MR) is 76.7 cm³/mol. The third kappa shape index (κ3) is 4.18. The molecule has 1 heterocycles. The van der Waals surface area contributed by atoms with Crippen LogP contribution in [-0.4, -0.2) is 40.3 Å². The summed E-state index contributed by atoms with van der Waals surface area (Å²) in [4.78, 5) is 28.0. The van der Waals surface area contributed by atoms with Crippen LogP contribution in [0.1, 0.15) is 25.8 Å². The Kier molecular flexibility index (Phi) is 5.89. The molecule has 0 aliphatic rings. The van der Waals surface area contributed by atoms with Gasteiger partial charge in [-0.05, 0) is 20.8 Å². The third-order valence-corrected chi connectivity index (χ3v) is 3.03. The molecule has 0 spiro atoms. The zero-order valence-electron chi connectivity index (χ0n) is 12.0. The fourth-order valence-corrected chi connectivity index (χ4v) is 1.84. The molecule has 0 radical (unpaired) electrons. The van der Waals surface area contributed by atoms with Crippen LogP contribution < -0.4 is 5.32 Å². The van der Waals surface area contributed by atoms with Gasteiger partial charge in [0.1, 0.15) is 5.82 Å². The summed E-state index contributed by atoms with van der Waals surface area (Å²) in [6, 6.07) is 1.39. The number of rotatable bonds is 7. The van der Waals surface area contributed by atoms with Crippen molar-refractivity contribution >= 4 is 17.4 Å². The Morgan fingerprint density at radius 2 is 2.10 bits per heavy atom. The number of carbonyl (C=O) groups is 1. The number of anilines is 1. The Balaban J connectivity index is 2.56. The van der Waals surface area contributed by atoms with Crippen LogP contribution in [0, 0.1) is 17.0 Å². The lowest BCUT2D eigenvalue weighted by atomic mass is 10.2. The molecule has 0 saturated carbocycles. The fourth-order valence-electron chi connectivity index (χ4n) is 1.84. The number of nitrogens with one attached hydrogen (secondary N) is 1. The maximum atomic E-state index is 11.8. The van der Waals surface area contributed by atoms with Gasteiger partial charge in [-0.25, -0.2) is 4.98 Å². The van der Waals surface area contributed by atoms with Crippen molar-refractivity contribution in [3.63, 3.8) is 0 Å². The third-order valence-electron chi connectivity index (χ3n) is 3.03. The Morgan fingerprint density at radius 3 is 2.65 bits per heavy atom. The van der Waals surface area contributed by atoms with Gasteiger partial charge in [0.15, 0.2) is 0 Å². The maximum Gasteiger partial charge on any atom is 0.277 e. The van der Waals surface area contributed by atoms with E-state index in [1.807, 2.05) is 13.8 Å². The average Bonchev–Trinajstić information content (AvgIpc) is 2.41. The summed E-state index contributed by atoms with van der Waals surface area (Å²) >= 11 is 0. The molecule has 110 valence electrons. The smallest absolute Gasteiger partial charge is 0.277 e. The second-order valence-electron chi connectivity index (χ2n) is 4.36. The van der Waals surface area contributed by atoms with Crippen LogP contribution in [0.5, 0.6) is 0 Å². The summed E-state index contributed by atoms with van der Waals surface area (Å²) < 4.78 is 0. The molecule has 1 amide bonds. The first-order valence-corrected chi connectivity index (χ1v) is 6.62. The lowest BCUT2D eigenvalue weighted by Gasteiger charge is -2.18. The standard InChI is InChI=1S/C13H20N4O3/c1-4-16(5-2)13(18)6-7-14-12-8-11(17(19)20)10(3)9-15-12/h8-9H,4-7H2,1-3H3,(H,14,15). The molecule has 0 atom stereocenters. The molecule has 0 fully saturated rings. The quantitative estimate of drug-likeness (QED) is 0.609. The first-order chi connectivity index (χ1) is 9.49. The van der Waals surface area contributed by atoms with Crippen LogP contribution >= 0.6 is 0 Å². The van der Waals surface area contributed by atoms with Crippen molar-refractivity contribution in [2.45, 2.75) is 27.2 Å². The number of hydrogen-bond donors (Lipinski definition) is 1. The zero-order valence-corrected chi connectivity index (χ0v) is 12.0. The van der Waals surface area contributed by atoms with Crippen LogP contribution in [0.15, 0.2) is 12.3 Å². The summed E-state index contributed by atoms with van der Waals surface area (Å²) in [5.74, 6) is 0.471. The minimum Gasteiger partial charge on any atom is -0.369 e. The van der Waals surface area contributed by atoms with Gasteiger partial charge in [-0.2, -0.15) is 0 Å². The minimum absolute atomic E-state index is 0.0255. The molecule has 20 heavy (non-hydrogen) atoms. The molecule has 1 aromatic heterocycles. The van der Waals surface area contributed by atoms with Crippen molar-refractivity contribution in [2.75, 3.05) is 25.0 Å². The van der Waals surface area contributed by atoms with Crippen LogP contribution in [-0.2, 0) is 4.79 Å². The topological polar surface area (TPSA) is 88.4 Å². The number of amides is 1. The molecule has 1 aromatic rings. The van der Waals surface area contributed by atoms with E-state index >= 15 is 0 Å². The van der Waals surface area contributed by atoms with Crippen LogP contribution in [0.2, 0.25) is 0 Å². The second-order valence-corrected chi connectivity index (χ2v) is 4.36. The summed E-state index contributed by atoms with van der Waals surface area (Å²) in [7, 11) is 0. The number of aryl methyl sites for hydroxylation is 1. The summed E-state index contributed by atoms with van der Waals surface area (Å²) in [6.07, 6.45) is 1.79. The van der Waals surface area contributed by atoms with Gasteiger partial charge in [0, 0.05) is 37.8 Å². The van der Waals surface area contributed by atoms with E-state index in [1.54, 1.807) is 11.8 Å². The van der Waals surface area contributed by atoms with E-state index in [9.17, 15) is 14.9 Å². The van der Waals surface area contributed by atoms with Gasteiger partial charge < -0.3 is 10.2 Å². The highest BCUT2D eigenvalue weighted by Crippen LogP contribution is 2.19. The van der Waals surface area contributed by atoms with Gasteiger partial charge in [0.05, 0.1) is 11.0 Å². The van der Waals surface area contributed by atoms with Gasteiger partial charge in [0.2, 0.25) is 5.91 Å². The molecule has 0 aliphatic carbocycles. The Bertz CT molecular complexity index is 487. The van der Waals surface area contributed by atoms with Gasteiger partial charge in [-0.3, -0.25) is 14.9 Å². The largest absolute Gasteiger partial charge is 0.369 e. The van der Waals surface area contributed by atoms with Crippen molar-refractivity contribution in [3.8, 4) is 0 Å². The molecular formula is C13H20N4O3. The number of carbonyl (C=O) groups excluding carboxylic acids is 1. The first kappa shape index (κ1) is 15.9. The van der Waals surface area contributed by atoms with E-state index in [4.69, 9.17) is 0 Å². The Morgan fingerprint density at radius 1 is 1.45 bits per heavy atom. The van der Waals surface area contributed by atoms with Crippen molar-refractivity contribution < 1.29 is 9.72 Å². The number of nitro groups is 1. The molecule has 0 aliphatic heterocycles. The van der Waals surface area contributed by atoms with E-state index in [0.717, 1.165) is 0 Å². The monoisotopic (exact) mass is 280 g/mol. The van der Waals surface area contributed by atoms with Crippen LogP contribution in [0.3, 0.4) is 0 Å². The normalized spacial score (nSPS) is 10.2. The van der Waals surface area contributed by atoms with Crippen molar-refractivity contribution in [1.82, 2.24) is 9.88 Å². The average molecular weight is 280 g/mol. The molecule has 7 nitrogen and oxygen atoms in total. The molecule has 0 bridgehead atoms. The summed E-state index contributed by atoms with van der Waals surface area (Å²) in [6.45, 7) is 7.27. The van der Waals surface area contributed by atoms with E-state index in [2.05, 4.69) is 10.3 Å². The molecular weight excluding hydrogens is 260 g/mol. The molecule has 7 heteroatoms. The molecule has 1 N–H and O–H groups in total. The minimum atomic E-state index is -0.441.